The van der Waals surface area contributed by atoms with Crippen LogP contribution in [0.5, 0.6) is 0 Å². The van der Waals surface area contributed by atoms with Gasteiger partial charge in [-0.1, -0.05) is 48.5 Å². The first kappa shape index (κ1) is 12.4. The van der Waals surface area contributed by atoms with E-state index in [0.29, 0.717) is 11.3 Å². The summed E-state index contributed by atoms with van der Waals surface area (Å²) in [5, 5.41) is 1.31. The molecule has 1 saturated heterocycles. The van der Waals surface area contributed by atoms with Crippen molar-refractivity contribution >= 4 is 17.5 Å². The maximum absolute atomic E-state index is 12.7. The average molecular weight is 266 g/mol. The number of hydrogen-bond acceptors (Lipinski definition) is 2. The minimum absolute atomic E-state index is 0.264. The van der Waals surface area contributed by atoms with Crippen molar-refractivity contribution in [2.45, 2.75) is 12.3 Å². The van der Waals surface area contributed by atoms with E-state index in [1.807, 2.05) is 36.4 Å². The Morgan fingerprint density at radius 3 is 2.05 bits per heavy atom. The summed E-state index contributed by atoms with van der Waals surface area (Å²) in [6.45, 7) is 1.66. The van der Waals surface area contributed by atoms with Gasteiger partial charge < -0.3 is 0 Å². The van der Waals surface area contributed by atoms with Crippen molar-refractivity contribution in [3.05, 3.63) is 66.2 Å². The number of nitrogens with one attached hydrogen (secondary N) is 1. The van der Waals surface area contributed by atoms with Crippen molar-refractivity contribution in [1.29, 1.82) is 0 Å². The Kier molecular flexibility index (Phi) is 2.79. The molecule has 4 nitrogen and oxygen atoms in total. The van der Waals surface area contributed by atoms with Gasteiger partial charge in [0.05, 0.1) is 5.69 Å². The van der Waals surface area contributed by atoms with Gasteiger partial charge in [-0.2, -0.15) is 0 Å². The molecule has 1 heterocycles. The van der Waals surface area contributed by atoms with Crippen molar-refractivity contribution in [3.63, 3.8) is 0 Å². The molecule has 1 fully saturated rings. The second-order valence-corrected chi connectivity index (χ2v) is 4.91. The minimum Gasteiger partial charge on any atom is -0.272 e. The van der Waals surface area contributed by atoms with E-state index in [1.165, 1.54) is 5.01 Å². The zero-order valence-corrected chi connectivity index (χ0v) is 11.0. The van der Waals surface area contributed by atoms with Crippen molar-refractivity contribution in [2.24, 2.45) is 0 Å². The molecule has 0 saturated carbocycles. The van der Waals surface area contributed by atoms with Gasteiger partial charge in [0.2, 0.25) is 0 Å². The van der Waals surface area contributed by atoms with E-state index >= 15 is 0 Å². The predicted molar refractivity (Wildman–Crippen MR) is 75.9 cm³/mol. The third kappa shape index (κ3) is 1.69. The smallest absolute Gasteiger partial charge is 0.265 e. The lowest BCUT2D eigenvalue weighted by atomic mass is 9.82. The Bertz CT molecular complexity index is 655. The number of carbonyl (C=O) groups is 2. The molecule has 1 N–H and O–H groups in total. The summed E-state index contributed by atoms with van der Waals surface area (Å²) in [5.74, 6) is -0.572. The van der Waals surface area contributed by atoms with Gasteiger partial charge in [-0.05, 0) is 24.6 Å². The van der Waals surface area contributed by atoms with Gasteiger partial charge in [-0.25, -0.2) is 5.01 Å². The Balaban J connectivity index is 2.04. The van der Waals surface area contributed by atoms with E-state index in [4.69, 9.17) is 0 Å². The molecule has 0 aliphatic carbocycles. The molecule has 1 atom stereocenters. The summed E-state index contributed by atoms with van der Waals surface area (Å²) < 4.78 is 0. The van der Waals surface area contributed by atoms with Gasteiger partial charge >= 0.3 is 0 Å². The van der Waals surface area contributed by atoms with Crippen molar-refractivity contribution in [2.75, 3.05) is 5.01 Å². The molecule has 2 aromatic rings. The summed E-state index contributed by atoms with van der Waals surface area (Å²) in [4.78, 5) is 25.0. The summed E-state index contributed by atoms with van der Waals surface area (Å²) in [7, 11) is 0. The highest BCUT2D eigenvalue weighted by Gasteiger charge is 2.52. The maximum Gasteiger partial charge on any atom is 0.265 e. The monoisotopic (exact) mass is 266 g/mol. The first-order valence-electron chi connectivity index (χ1n) is 6.40. The van der Waals surface area contributed by atoms with E-state index in [-0.39, 0.29) is 11.8 Å². The third-order valence-electron chi connectivity index (χ3n) is 3.66. The molecular formula is C16H14N2O2. The van der Waals surface area contributed by atoms with Crippen LogP contribution in [0.2, 0.25) is 0 Å². The number of hydrogen-bond donors (Lipinski definition) is 1. The van der Waals surface area contributed by atoms with Crippen molar-refractivity contribution < 1.29 is 9.59 Å². The molecule has 100 valence electrons. The number of para-hydroxylation sites is 1. The Morgan fingerprint density at radius 1 is 0.900 bits per heavy atom. The predicted octanol–water partition coefficient (Wildman–Crippen LogP) is 2.02. The normalized spacial score (nSPS) is 21.9. The second-order valence-electron chi connectivity index (χ2n) is 4.91. The molecule has 20 heavy (non-hydrogen) atoms. The number of amides is 2. The van der Waals surface area contributed by atoms with Crippen LogP contribution in [0.15, 0.2) is 60.7 Å². The Morgan fingerprint density at radius 2 is 1.45 bits per heavy atom. The van der Waals surface area contributed by atoms with Gasteiger partial charge in [0.15, 0.2) is 5.41 Å². The number of anilines is 1. The second kappa shape index (κ2) is 4.49. The summed E-state index contributed by atoms with van der Waals surface area (Å²) in [5.41, 5.74) is 2.82. The zero-order valence-electron chi connectivity index (χ0n) is 11.0. The number of nitrogens with zero attached hydrogens (tertiary/aromatic N) is 1. The molecule has 1 unspecified atom stereocenters. The molecule has 4 heteroatoms. The van der Waals surface area contributed by atoms with Gasteiger partial charge in [-0.15, -0.1) is 0 Å². The molecule has 0 spiro atoms. The van der Waals surface area contributed by atoms with Gasteiger partial charge in [0, 0.05) is 0 Å². The SMILES string of the molecule is CC1(c2ccccc2)C(=O)NN(c2ccccc2)C1=O. The highest BCUT2D eigenvalue weighted by atomic mass is 16.2. The quantitative estimate of drug-likeness (QED) is 0.845. The Labute approximate surface area is 117 Å². The van der Waals surface area contributed by atoms with E-state index in [2.05, 4.69) is 5.43 Å². The summed E-state index contributed by atoms with van der Waals surface area (Å²) >= 11 is 0. The number of rotatable bonds is 2. The fourth-order valence-electron chi connectivity index (χ4n) is 2.37. The lowest BCUT2D eigenvalue weighted by molar-refractivity contribution is -0.129. The first-order valence-corrected chi connectivity index (χ1v) is 6.40. The number of carbonyl (C=O) groups excluding carboxylic acids is 2. The largest absolute Gasteiger partial charge is 0.272 e. The molecule has 0 bridgehead atoms. The zero-order chi connectivity index (χ0) is 14.2. The lowest BCUT2D eigenvalue weighted by Gasteiger charge is -2.20. The van der Waals surface area contributed by atoms with Crippen molar-refractivity contribution in [1.82, 2.24) is 5.43 Å². The number of benzene rings is 2. The van der Waals surface area contributed by atoms with Crippen molar-refractivity contribution in [3.8, 4) is 0 Å². The lowest BCUT2D eigenvalue weighted by Crippen LogP contribution is -2.38. The van der Waals surface area contributed by atoms with Gasteiger partial charge in [0.25, 0.3) is 11.8 Å². The third-order valence-corrected chi connectivity index (χ3v) is 3.66. The minimum atomic E-state index is -1.18. The molecule has 0 radical (unpaired) electrons. The molecule has 1 aliphatic rings. The van der Waals surface area contributed by atoms with E-state index < -0.39 is 5.41 Å². The van der Waals surface area contributed by atoms with Crippen LogP contribution in [-0.2, 0) is 15.0 Å². The maximum atomic E-state index is 12.7. The highest BCUT2D eigenvalue weighted by molar-refractivity contribution is 6.22. The molecule has 1 aliphatic heterocycles. The molecule has 3 rings (SSSR count). The fourth-order valence-corrected chi connectivity index (χ4v) is 2.37. The summed E-state index contributed by atoms with van der Waals surface area (Å²) in [6.07, 6.45) is 0. The summed E-state index contributed by atoms with van der Waals surface area (Å²) in [6, 6.07) is 18.2. The van der Waals surface area contributed by atoms with Crippen LogP contribution in [0, 0.1) is 0 Å². The van der Waals surface area contributed by atoms with Gasteiger partial charge in [0.1, 0.15) is 0 Å². The van der Waals surface area contributed by atoms with Crippen LogP contribution in [0.25, 0.3) is 0 Å². The van der Waals surface area contributed by atoms with Crippen LogP contribution < -0.4 is 10.4 Å². The van der Waals surface area contributed by atoms with E-state index in [9.17, 15) is 9.59 Å². The average Bonchev–Trinajstić information content (AvgIpc) is 2.74. The van der Waals surface area contributed by atoms with Crippen LogP contribution in [0.4, 0.5) is 5.69 Å². The van der Waals surface area contributed by atoms with E-state index in [1.54, 1.807) is 31.2 Å². The highest BCUT2D eigenvalue weighted by Crippen LogP contribution is 2.32. The van der Waals surface area contributed by atoms with Crippen LogP contribution >= 0.6 is 0 Å². The standard InChI is InChI=1S/C16H14N2O2/c1-16(12-8-4-2-5-9-12)14(19)17-18(15(16)20)13-10-6-3-7-11-13/h2-11H,1H3,(H,17,19). The molecule has 0 aromatic heterocycles. The first-order chi connectivity index (χ1) is 9.64. The molecular weight excluding hydrogens is 252 g/mol. The van der Waals surface area contributed by atoms with E-state index in [0.717, 1.165) is 0 Å². The van der Waals surface area contributed by atoms with Gasteiger partial charge in [-0.3, -0.25) is 15.0 Å². The van der Waals surface area contributed by atoms with Crippen LogP contribution in [-0.4, -0.2) is 11.8 Å². The van der Waals surface area contributed by atoms with Crippen LogP contribution in [0.3, 0.4) is 0 Å². The molecule has 2 aromatic carbocycles. The number of hydrazine groups is 1. The Hall–Kier alpha value is -2.62. The topological polar surface area (TPSA) is 49.4 Å². The molecule has 2 amide bonds. The van der Waals surface area contributed by atoms with Crippen LogP contribution in [0.1, 0.15) is 12.5 Å². The fraction of sp³-hybridized carbons (Fsp3) is 0.125.